The van der Waals surface area contributed by atoms with Gasteiger partial charge < -0.3 is 9.84 Å². The fraction of sp³-hybridized carbons (Fsp3) is 0.438. The van der Waals surface area contributed by atoms with E-state index in [9.17, 15) is 5.11 Å². The first-order chi connectivity index (χ1) is 9.23. The summed E-state index contributed by atoms with van der Waals surface area (Å²) in [6.45, 7) is 0. The number of rotatable bonds is 1. The van der Waals surface area contributed by atoms with Crippen LogP contribution in [0, 0.1) is 0 Å². The molecule has 0 amide bonds. The molecule has 0 spiro atoms. The standard InChI is InChI=1S/C16H17NO2/c18-16(9-12-6-7-13(10-16)19-12)15-8-5-11-3-1-2-4-14(11)17-15/h1-5,8,12-13,18H,6-7,9-10H2. The van der Waals surface area contributed by atoms with E-state index in [1.54, 1.807) is 0 Å². The highest BCUT2D eigenvalue weighted by atomic mass is 16.5. The van der Waals surface area contributed by atoms with Crippen LogP contribution in [0.5, 0.6) is 0 Å². The molecule has 3 heteroatoms. The van der Waals surface area contributed by atoms with Crippen molar-refractivity contribution in [2.24, 2.45) is 0 Å². The van der Waals surface area contributed by atoms with Crippen LogP contribution in [-0.2, 0) is 10.3 Å². The molecule has 1 aromatic heterocycles. The van der Waals surface area contributed by atoms with Crippen molar-refractivity contribution >= 4 is 10.9 Å². The van der Waals surface area contributed by atoms with Gasteiger partial charge in [0, 0.05) is 18.2 Å². The van der Waals surface area contributed by atoms with Gasteiger partial charge in [-0.15, -0.1) is 0 Å². The number of nitrogens with zero attached hydrogens (tertiary/aromatic N) is 1. The van der Waals surface area contributed by atoms with Crippen LogP contribution in [-0.4, -0.2) is 22.3 Å². The molecule has 0 radical (unpaired) electrons. The average Bonchev–Trinajstić information content (AvgIpc) is 2.78. The van der Waals surface area contributed by atoms with E-state index in [1.807, 2.05) is 36.4 Å². The molecule has 2 aliphatic heterocycles. The molecule has 0 saturated carbocycles. The van der Waals surface area contributed by atoms with Gasteiger partial charge in [-0.25, -0.2) is 4.98 Å². The third-order valence-electron chi connectivity index (χ3n) is 4.40. The van der Waals surface area contributed by atoms with E-state index in [0.717, 1.165) is 29.4 Å². The molecule has 0 aliphatic carbocycles. The maximum Gasteiger partial charge on any atom is 0.111 e. The summed E-state index contributed by atoms with van der Waals surface area (Å²) in [5.74, 6) is 0. The second-order valence-electron chi connectivity index (χ2n) is 5.79. The molecule has 4 rings (SSSR count). The Hall–Kier alpha value is -1.45. The maximum absolute atomic E-state index is 10.9. The van der Waals surface area contributed by atoms with Crippen molar-refractivity contribution in [3.63, 3.8) is 0 Å². The van der Waals surface area contributed by atoms with Crippen LogP contribution in [0.2, 0.25) is 0 Å². The second-order valence-corrected chi connectivity index (χ2v) is 5.79. The Balaban J connectivity index is 1.76. The van der Waals surface area contributed by atoms with Gasteiger partial charge >= 0.3 is 0 Å². The van der Waals surface area contributed by atoms with Crippen molar-refractivity contribution in [1.29, 1.82) is 0 Å². The average molecular weight is 255 g/mol. The summed E-state index contributed by atoms with van der Waals surface area (Å²) in [4.78, 5) is 4.66. The quantitative estimate of drug-likeness (QED) is 0.852. The van der Waals surface area contributed by atoms with Crippen molar-refractivity contribution in [1.82, 2.24) is 4.98 Å². The first-order valence-corrected chi connectivity index (χ1v) is 6.97. The van der Waals surface area contributed by atoms with Crippen molar-refractivity contribution < 1.29 is 9.84 Å². The Morgan fingerprint density at radius 3 is 2.58 bits per heavy atom. The normalized spacial score (nSPS) is 33.7. The predicted octanol–water partition coefficient (Wildman–Crippen LogP) is 2.76. The molecule has 19 heavy (non-hydrogen) atoms. The predicted molar refractivity (Wildman–Crippen MR) is 72.8 cm³/mol. The van der Waals surface area contributed by atoms with Gasteiger partial charge in [0.05, 0.1) is 23.4 Å². The van der Waals surface area contributed by atoms with E-state index in [-0.39, 0.29) is 12.2 Å². The molecule has 2 fully saturated rings. The fourth-order valence-corrected chi connectivity index (χ4v) is 3.45. The van der Waals surface area contributed by atoms with Crippen LogP contribution in [0.4, 0.5) is 0 Å². The summed E-state index contributed by atoms with van der Waals surface area (Å²) in [7, 11) is 0. The van der Waals surface area contributed by atoms with Crippen molar-refractivity contribution in [2.45, 2.75) is 43.5 Å². The van der Waals surface area contributed by atoms with Crippen LogP contribution in [0.1, 0.15) is 31.4 Å². The van der Waals surface area contributed by atoms with Crippen molar-refractivity contribution in [3.05, 3.63) is 42.1 Å². The number of benzene rings is 1. The third kappa shape index (κ3) is 1.85. The van der Waals surface area contributed by atoms with Gasteiger partial charge in [-0.3, -0.25) is 0 Å². The summed E-state index contributed by atoms with van der Waals surface area (Å²) in [5.41, 5.74) is 0.937. The molecule has 1 aromatic carbocycles. The molecular formula is C16H17NO2. The molecule has 2 atom stereocenters. The van der Waals surface area contributed by atoms with E-state index < -0.39 is 5.60 Å². The molecule has 3 heterocycles. The first-order valence-electron chi connectivity index (χ1n) is 6.97. The van der Waals surface area contributed by atoms with Gasteiger partial charge in [0.1, 0.15) is 5.60 Å². The van der Waals surface area contributed by atoms with Gasteiger partial charge in [0.2, 0.25) is 0 Å². The lowest BCUT2D eigenvalue weighted by Gasteiger charge is -2.36. The molecule has 2 aromatic rings. The Kier molecular flexibility index (Phi) is 2.41. The van der Waals surface area contributed by atoms with E-state index in [4.69, 9.17) is 4.74 Å². The number of para-hydroxylation sites is 1. The van der Waals surface area contributed by atoms with Gasteiger partial charge in [-0.1, -0.05) is 24.3 Å². The van der Waals surface area contributed by atoms with Crippen molar-refractivity contribution in [2.75, 3.05) is 0 Å². The van der Waals surface area contributed by atoms with E-state index in [2.05, 4.69) is 4.98 Å². The zero-order chi connectivity index (χ0) is 12.9. The number of aliphatic hydroxyl groups is 1. The number of hydrogen-bond acceptors (Lipinski definition) is 3. The smallest absolute Gasteiger partial charge is 0.111 e. The highest BCUT2D eigenvalue weighted by molar-refractivity contribution is 5.78. The summed E-state index contributed by atoms with van der Waals surface area (Å²) in [5, 5.41) is 12.1. The van der Waals surface area contributed by atoms with Gasteiger partial charge in [0.25, 0.3) is 0 Å². The number of hydrogen-bond donors (Lipinski definition) is 1. The lowest BCUT2D eigenvalue weighted by molar-refractivity contribution is -0.117. The third-order valence-corrected chi connectivity index (χ3v) is 4.40. The van der Waals surface area contributed by atoms with Crippen LogP contribution in [0.15, 0.2) is 36.4 Å². The summed E-state index contributed by atoms with van der Waals surface area (Å²) >= 11 is 0. The molecule has 1 N–H and O–H groups in total. The monoisotopic (exact) mass is 255 g/mol. The number of ether oxygens (including phenoxy) is 1. The van der Waals surface area contributed by atoms with Gasteiger partial charge in [-0.05, 0) is 25.0 Å². The molecule has 98 valence electrons. The molecule has 2 saturated heterocycles. The zero-order valence-electron chi connectivity index (χ0n) is 10.7. The number of fused-ring (bicyclic) bond motifs is 3. The van der Waals surface area contributed by atoms with Crippen LogP contribution >= 0.6 is 0 Å². The molecule has 3 nitrogen and oxygen atoms in total. The Morgan fingerprint density at radius 2 is 1.79 bits per heavy atom. The summed E-state index contributed by atoms with van der Waals surface area (Å²) in [6, 6.07) is 12.0. The maximum atomic E-state index is 10.9. The molecule has 2 aliphatic rings. The fourth-order valence-electron chi connectivity index (χ4n) is 3.45. The Bertz CT molecular complexity index is 613. The van der Waals surface area contributed by atoms with E-state index in [0.29, 0.717) is 12.8 Å². The van der Waals surface area contributed by atoms with E-state index in [1.165, 1.54) is 0 Å². The molecular weight excluding hydrogens is 238 g/mol. The largest absolute Gasteiger partial charge is 0.383 e. The number of pyridine rings is 1. The topological polar surface area (TPSA) is 42.4 Å². The minimum atomic E-state index is -0.811. The minimum Gasteiger partial charge on any atom is -0.383 e. The number of aromatic nitrogens is 1. The summed E-state index contributed by atoms with van der Waals surface area (Å²) < 4.78 is 5.81. The SMILES string of the molecule is OC1(c2ccc3ccccc3n2)CC2CCC(C1)O2. The first kappa shape index (κ1) is 11.4. The summed E-state index contributed by atoms with van der Waals surface area (Å²) in [6.07, 6.45) is 3.90. The van der Waals surface area contributed by atoms with Crippen molar-refractivity contribution in [3.8, 4) is 0 Å². The zero-order valence-corrected chi connectivity index (χ0v) is 10.7. The van der Waals surface area contributed by atoms with Gasteiger partial charge in [-0.2, -0.15) is 0 Å². The highest BCUT2D eigenvalue weighted by Gasteiger charge is 2.45. The molecule has 2 unspecified atom stereocenters. The minimum absolute atomic E-state index is 0.206. The van der Waals surface area contributed by atoms with E-state index >= 15 is 0 Å². The Morgan fingerprint density at radius 1 is 1.05 bits per heavy atom. The lowest BCUT2D eigenvalue weighted by atomic mass is 9.86. The Labute approximate surface area is 112 Å². The van der Waals surface area contributed by atoms with Crippen LogP contribution < -0.4 is 0 Å². The van der Waals surface area contributed by atoms with Gasteiger partial charge in [0.15, 0.2) is 0 Å². The van der Waals surface area contributed by atoms with Crippen LogP contribution in [0.25, 0.3) is 10.9 Å². The highest BCUT2D eigenvalue weighted by Crippen LogP contribution is 2.43. The molecule has 2 bridgehead atoms. The van der Waals surface area contributed by atoms with Crippen LogP contribution in [0.3, 0.4) is 0 Å². The lowest BCUT2D eigenvalue weighted by Crippen LogP contribution is -2.39. The second kappa shape index (κ2) is 4.02.